The number of carbonyl (C=O) groups excluding carboxylic acids is 1. The summed E-state index contributed by atoms with van der Waals surface area (Å²) in [5, 5.41) is 19.4. The second-order valence-corrected chi connectivity index (χ2v) is 12.5. The number of amides is 1. The summed E-state index contributed by atoms with van der Waals surface area (Å²) in [6, 6.07) is 3.73. The van der Waals surface area contributed by atoms with Crippen molar-refractivity contribution in [1.82, 2.24) is 9.21 Å². The van der Waals surface area contributed by atoms with E-state index in [9.17, 15) is 33.4 Å². The molecule has 0 aromatic heterocycles. The number of hydrogen-bond acceptors (Lipinski definition) is 12. The summed E-state index contributed by atoms with van der Waals surface area (Å²) in [6.07, 6.45) is 3.29. The van der Waals surface area contributed by atoms with Crippen LogP contribution in [-0.4, -0.2) is 90.2 Å². The number of fused-ring (bicyclic) bond motifs is 1. The van der Waals surface area contributed by atoms with Crippen LogP contribution in [0.4, 0.5) is 0 Å². The number of likely N-dealkylation sites (N-methyl/N-ethyl adjacent to an activating group) is 1. The van der Waals surface area contributed by atoms with Gasteiger partial charge in [0.15, 0.2) is 11.9 Å². The zero-order valence-electron chi connectivity index (χ0n) is 24.8. The molecule has 0 saturated carbocycles. The molecular formula is C27H36N6O10S. The molecule has 2 atom stereocenters. The van der Waals surface area contributed by atoms with Gasteiger partial charge in [-0.3, -0.25) is 4.79 Å². The first-order chi connectivity index (χ1) is 21.0. The Bertz CT molecular complexity index is 1470. The topological polar surface area (TPSA) is 196 Å². The number of rotatable bonds is 15. The van der Waals surface area contributed by atoms with Crippen LogP contribution in [0.15, 0.2) is 44.9 Å². The van der Waals surface area contributed by atoms with Crippen molar-refractivity contribution in [2.45, 2.75) is 69.9 Å². The van der Waals surface area contributed by atoms with Crippen LogP contribution in [0.2, 0.25) is 0 Å². The molecule has 3 aliphatic heterocycles. The number of aliphatic imine (C=N–C) groups is 2. The Morgan fingerprint density at radius 3 is 2.41 bits per heavy atom. The Kier molecular flexibility index (Phi) is 10.5. The van der Waals surface area contributed by atoms with Gasteiger partial charge in [-0.2, -0.15) is 9.30 Å². The summed E-state index contributed by atoms with van der Waals surface area (Å²) in [5.74, 6) is -0.513. The molecule has 16 nitrogen and oxygen atoms in total. The zero-order valence-corrected chi connectivity index (χ0v) is 25.6. The van der Waals surface area contributed by atoms with Gasteiger partial charge in [0.05, 0.1) is 22.8 Å². The molecule has 3 heterocycles. The Labute approximate surface area is 254 Å². The standard InChI is InChI=1S/C27H36N6O10S/c1-4-7-19-16-30(6-3)25-24(19)28-26(29-27(25)34)21-15-20(8-9-22(21)41-14-5-2)44(39,40)31-12-10-18(11-13-31)23(43-33(37)38)17-42-32(35)36/h8-9,15-16,18,23,25H,4-7,10-14,17H2,1-3H3/t23-,25?/m1/s1. The highest BCUT2D eigenvalue weighted by Gasteiger charge is 2.40. The smallest absolute Gasteiger partial charge is 0.294 e. The summed E-state index contributed by atoms with van der Waals surface area (Å²) < 4.78 is 34.7. The van der Waals surface area contributed by atoms with Gasteiger partial charge in [-0.1, -0.05) is 20.3 Å². The first-order valence-electron chi connectivity index (χ1n) is 14.5. The number of sulfonamides is 1. The normalized spacial score (nSPS) is 19.9. The van der Waals surface area contributed by atoms with Crippen LogP contribution in [0.1, 0.15) is 58.4 Å². The van der Waals surface area contributed by atoms with E-state index in [2.05, 4.69) is 14.7 Å². The first kappa shape index (κ1) is 32.8. The average molecular weight is 637 g/mol. The first-order valence-corrected chi connectivity index (χ1v) is 16.0. The molecule has 1 fully saturated rings. The molecule has 0 N–H and O–H groups in total. The fraction of sp³-hybridized carbons (Fsp3) is 0.593. The molecule has 1 aromatic rings. The predicted octanol–water partition coefficient (Wildman–Crippen LogP) is 2.78. The molecule has 1 unspecified atom stereocenters. The Morgan fingerprint density at radius 2 is 1.80 bits per heavy atom. The van der Waals surface area contributed by atoms with Crippen LogP contribution >= 0.6 is 0 Å². The number of piperidine rings is 1. The maximum atomic E-state index is 13.8. The summed E-state index contributed by atoms with van der Waals surface area (Å²) in [7, 11) is -4.07. The lowest BCUT2D eigenvalue weighted by atomic mass is 9.92. The minimum absolute atomic E-state index is 0.00606. The molecule has 17 heteroatoms. The fourth-order valence-electron chi connectivity index (χ4n) is 5.54. The fourth-order valence-corrected chi connectivity index (χ4v) is 7.04. The Balaban J connectivity index is 1.61. The minimum atomic E-state index is -4.07. The number of hydrogen-bond donors (Lipinski definition) is 0. The number of benzene rings is 1. The van der Waals surface area contributed by atoms with E-state index in [1.807, 2.05) is 31.9 Å². The van der Waals surface area contributed by atoms with Gasteiger partial charge in [0, 0.05) is 25.8 Å². The molecule has 0 aliphatic carbocycles. The third kappa shape index (κ3) is 7.15. The molecule has 1 saturated heterocycles. The molecule has 3 aliphatic rings. The van der Waals surface area contributed by atoms with Crippen LogP contribution < -0.4 is 4.74 Å². The molecule has 0 bridgehead atoms. The molecule has 44 heavy (non-hydrogen) atoms. The lowest BCUT2D eigenvalue weighted by Gasteiger charge is -2.34. The molecule has 240 valence electrons. The number of ether oxygens (including phenoxy) is 1. The molecule has 1 aromatic carbocycles. The summed E-state index contributed by atoms with van der Waals surface area (Å²) in [4.78, 5) is 54.6. The van der Waals surface area contributed by atoms with Gasteiger partial charge in [0.1, 0.15) is 18.5 Å². The maximum absolute atomic E-state index is 13.8. The van der Waals surface area contributed by atoms with E-state index in [0.29, 0.717) is 31.0 Å². The second-order valence-electron chi connectivity index (χ2n) is 10.5. The maximum Gasteiger partial charge on any atom is 0.294 e. The van der Waals surface area contributed by atoms with Gasteiger partial charge >= 0.3 is 0 Å². The zero-order chi connectivity index (χ0) is 32.0. The lowest BCUT2D eigenvalue weighted by Crippen LogP contribution is -2.43. The molecule has 1 amide bonds. The number of amidine groups is 1. The second kappa shape index (κ2) is 14.1. The Hall–Kier alpha value is -4.12. The molecule has 0 radical (unpaired) electrons. The van der Waals surface area contributed by atoms with Crippen molar-refractivity contribution in [3.63, 3.8) is 0 Å². The average Bonchev–Trinajstić information content (AvgIpc) is 3.36. The van der Waals surface area contributed by atoms with Crippen LogP contribution in [0.5, 0.6) is 5.75 Å². The van der Waals surface area contributed by atoms with Crippen molar-refractivity contribution in [2.24, 2.45) is 15.9 Å². The lowest BCUT2D eigenvalue weighted by molar-refractivity contribution is -0.791. The van der Waals surface area contributed by atoms with Crippen molar-refractivity contribution in [2.75, 3.05) is 32.8 Å². The van der Waals surface area contributed by atoms with Crippen LogP contribution in [-0.2, 0) is 24.5 Å². The third-order valence-electron chi connectivity index (χ3n) is 7.68. The third-order valence-corrected chi connectivity index (χ3v) is 9.58. The van der Waals surface area contributed by atoms with Crippen molar-refractivity contribution in [3.8, 4) is 5.75 Å². The van der Waals surface area contributed by atoms with Crippen LogP contribution in [0.3, 0.4) is 0 Å². The Morgan fingerprint density at radius 1 is 1.07 bits per heavy atom. The van der Waals surface area contributed by atoms with Crippen molar-refractivity contribution < 1.29 is 37.8 Å². The molecule has 4 rings (SSSR count). The van der Waals surface area contributed by atoms with Gasteiger partial charge < -0.3 is 19.3 Å². The van der Waals surface area contributed by atoms with E-state index in [-0.39, 0.29) is 42.2 Å². The van der Waals surface area contributed by atoms with E-state index in [0.717, 1.165) is 18.4 Å². The number of carbonyl (C=O) groups is 1. The van der Waals surface area contributed by atoms with Crippen molar-refractivity contribution >= 4 is 27.5 Å². The van der Waals surface area contributed by atoms with Gasteiger partial charge in [-0.25, -0.2) is 13.4 Å². The van der Waals surface area contributed by atoms with Crippen molar-refractivity contribution in [1.29, 1.82) is 0 Å². The summed E-state index contributed by atoms with van der Waals surface area (Å²) >= 11 is 0. The van der Waals surface area contributed by atoms with Gasteiger partial charge in [-0.15, -0.1) is 20.2 Å². The molecular weight excluding hydrogens is 600 g/mol. The van der Waals surface area contributed by atoms with E-state index < -0.39 is 50.8 Å². The van der Waals surface area contributed by atoms with E-state index in [1.165, 1.54) is 22.5 Å². The predicted molar refractivity (Wildman–Crippen MR) is 157 cm³/mol. The van der Waals surface area contributed by atoms with E-state index >= 15 is 0 Å². The van der Waals surface area contributed by atoms with E-state index in [4.69, 9.17) is 9.73 Å². The molecule has 0 spiro atoms. The van der Waals surface area contributed by atoms with Gasteiger partial charge in [0.2, 0.25) is 10.0 Å². The van der Waals surface area contributed by atoms with Gasteiger partial charge in [0.25, 0.3) is 16.1 Å². The summed E-state index contributed by atoms with van der Waals surface area (Å²) in [6.45, 7) is 6.20. The largest absolute Gasteiger partial charge is 0.493 e. The quantitative estimate of drug-likeness (QED) is 0.203. The number of nitrogens with zero attached hydrogens (tertiary/aromatic N) is 6. The van der Waals surface area contributed by atoms with Crippen LogP contribution in [0, 0.1) is 26.1 Å². The minimum Gasteiger partial charge on any atom is -0.493 e. The summed E-state index contributed by atoms with van der Waals surface area (Å²) in [5.41, 5.74) is 1.81. The van der Waals surface area contributed by atoms with Crippen LogP contribution in [0.25, 0.3) is 0 Å². The highest BCUT2D eigenvalue weighted by Crippen LogP contribution is 2.33. The highest BCUT2D eigenvalue weighted by atomic mass is 32.2. The van der Waals surface area contributed by atoms with E-state index in [1.54, 1.807) is 0 Å². The van der Waals surface area contributed by atoms with Crippen molar-refractivity contribution in [3.05, 3.63) is 55.8 Å². The SMILES string of the molecule is CCCOc1ccc(S(=O)(=O)N2CCC([C@@H](CO[N+](=O)[O-])O[N+](=O)[O-])CC2)cc1C1=NC(=O)C2C(=N1)C(CCC)=CN2CC. The van der Waals surface area contributed by atoms with Gasteiger partial charge in [-0.05, 0) is 62.3 Å². The highest BCUT2D eigenvalue weighted by molar-refractivity contribution is 7.89. The monoisotopic (exact) mass is 636 g/mol.